The van der Waals surface area contributed by atoms with Crippen molar-refractivity contribution in [1.29, 1.82) is 0 Å². The molecule has 21 heavy (non-hydrogen) atoms. The fourth-order valence-electron chi connectivity index (χ4n) is 1.66. The molecule has 0 bridgehead atoms. The lowest BCUT2D eigenvalue weighted by Crippen LogP contribution is -2.03. The summed E-state index contributed by atoms with van der Waals surface area (Å²) >= 11 is 17.7. The summed E-state index contributed by atoms with van der Waals surface area (Å²) in [5.74, 6) is -0.0678. The zero-order valence-corrected chi connectivity index (χ0v) is 12.8. The van der Waals surface area contributed by atoms with Gasteiger partial charge in [0.05, 0.1) is 5.02 Å². The van der Waals surface area contributed by atoms with E-state index in [0.717, 1.165) is 5.56 Å². The molecule has 0 amide bonds. The molecule has 2 aromatic rings. The van der Waals surface area contributed by atoms with Gasteiger partial charge in [-0.25, -0.2) is 0 Å². The quantitative estimate of drug-likeness (QED) is 0.727. The van der Waals surface area contributed by atoms with Gasteiger partial charge in [0, 0.05) is 22.3 Å². The second-order valence-electron chi connectivity index (χ2n) is 4.11. The molecule has 0 aliphatic heterocycles. The third-order valence-corrected chi connectivity index (χ3v) is 3.53. The van der Waals surface area contributed by atoms with Crippen LogP contribution in [0.25, 0.3) is 0 Å². The van der Waals surface area contributed by atoms with E-state index in [1.54, 1.807) is 24.3 Å². The van der Waals surface area contributed by atoms with E-state index in [1.807, 2.05) is 0 Å². The van der Waals surface area contributed by atoms with Crippen LogP contribution in [0, 0.1) is 0 Å². The summed E-state index contributed by atoms with van der Waals surface area (Å²) in [7, 11) is 0. The van der Waals surface area contributed by atoms with E-state index < -0.39 is 6.61 Å². The molecule has 7 heteroatoms. The number of benzene rings is 2. The van der Waals surface area contributed by atoms with Crippen LogP contribution in [0.5, 0.6) is 5.75 Å². The molecule has 2 aromatic carbocycles. The van der Waals surface area contributed by atoms with E-state index in [2.05, 4.69) is 10.1 Å². The zero-order valence-electron chi connectivity index (χ0n) is 10.5. The van der Waals surface area contributed by atoms with Gasteiger partial charge in [-0.2, -0.15) is 8.78 Å². The normalized spacial score (nSPS) is 10.8. The topological polar surface area (TPSA) is 21.3 Å². The van der Waals surface area contributed by atoms with Crippen LogP contribution in [0.4, 0.5) is 14.5 Å². The van der Waals surface area contributed by atoms with Crippen molar-refractivity contribution in [2.45, 2.75) is 13.2 Å². The first kappa shape index (κ1) is 16.1. The summed E-state index contributed by atoms with van der Waals surface area (Å²) in [5, 5.41) is 4.28. The third kappa shape index (κ3) is 4.63. The standard InChI is InChI=1S/C14H10Cl3F2NO/c15-9-2-1-8(11(16)5-9)7-20-10-3-4-13(12(17)6-10)21-14(18)19/h1-6,14,20H,7H2. The Hall–Kier alpha value is -1.23. The fourth-order valence-corrected chi connectivity index (χ4v) is 2.37. The van der Waals surface area contributed by atoms with Gasteiger partial charge in [-0.05, 0) is 35.9 Å². The first-order valence-corrected chi connectivity index (χ1v) is 7.01. The van der Waals surface area contributed by atoms with Gasteiger partial charge in [0.2, 0.25) is 0 Å². The van der Waals surface area contributed by atoms with Crippen molar-refractivity contribution >= 4 is 40.5 Å². The molecule has 0 spiro atoms. The lowest BCUT2D eigenvalue weighted by Gasteiger charge is -2.11. The molecule has 0 heterocycles. The molecule has 112 valence electrons. The van der Waals surface area contributed by atoms with Gasteiger partial charge in [0.1, 0.15) is 5.75 Å². The fraction of sp³-hybridized carbons (Fsp3) is 0.143. The van der Waals surface area contributed by atoms with Gasteiger partial charge in [0.25, 0.3) is 0 Å². The lowest BCUT2D eigenvalue weighted by atomic mass is 10.2. The van der Waals surface area contributed by atoms with Crippen molar-refractivity contribution in [1.82, 2.24) is 0 Å². The van der Waals surface area contributed by atoms with Gasteiger partial charge >= 0.3 is 6.61 Å². The van der Waals surface area contributed by atoms with Crippen molar-refractivity contribution in [3.8, 4) is 5.75 Å². The Kier molecular flexibility index (Phi) is 5.51. The van der Waals surface area contributed by atoms with Crippen molar-refractivity contribution < 1.29 is 13.5 Å². The predicted molar refractivity (Wildman–Crippen MR) is 81.9 cm³/mol. The molecule has 2 rings (SSSR count). The molecule has 0 radical (unpaired) electrons. The highest BCUT2D eigenvalue weighted by atomic mass is 35.5. The molecular formula is C14H10Cl3F2NO. The number of halogens is 5. The number of ether oxygens (including phenoxy) is 1. The van der Waals surface area contributed by atoms with E-state index in [-0.39, 0.29) is 10.8 Å². The molecule has 0 unspecified atom stereocenters. The van der Waals surface area contributed by atoms with Crippen LogP contribution < -0.4 is 10.1 Å². The maximum atomic E-state index is 12.1. The van der Waals surface area contributed by atoms with Crippen LogP contribution in [0.15, 0.2) is 36.4 Å². The average molecular weight is 353 g/mol. The van der Waals surface area contributed by atoms with Crippen LogP contribution in [0.2, 0.25) is 15.1 Å². The van der Waals surface area contributed by atoms with E-state index in [0.29, 0.717) is 22.3 Å². The summed E-state index contributed by atoms with van der Waals surface area (Å²) in [5.41, 5.74) is 1.51. The number of rotatable bonds is 5. The van der Waals surface area contributed by atoms with Gasteiger partial charge in [-0.3, -0.25) is 0 Å². The first-order chi connectivity index (χ1) is 9.95. The van der Waals surface area contributed by atoms with Crippen LogP contribution in [-0.2, 0) is 6.54 Å². The summed E-state index contributed by atoms with van der Waals surface area (Å²) in [4.78, 5) is 0. The first-order valence-electron chi connectivity index (χ1n) is 5.88. The number of nitrogens with one attached hydrogen (secondary N) is 1. The largest absolute Gasteiger partial charge is 0.433 e. The predicted octanol–water partition coefficient (Wildman–Crippen LogP) is 5.86. The molecule has 0 aliphatic carbocycles. The Morgan fingerprint density at radius 3 is 2.38 bits per heavy atom. The Morgan fingerprint density at radius 2 is 1.76 bits per heavy atom. The van der Waals surface area contributed by atoms with Crippen molar-refractivity contribution in [3.63, 3.8) is 0 Å². The third-order valence-electron chi connectivity index (χ3n) is 2.65. The minimum atomic E-state index is -2.91. The SMILES string of the molecule is FC(F)Oc1ccc(NCc2ccc(Cl)cc2Cl)cc1Cl. The van der Waals surface area contributed by atoms with Crippen LogP contribution >= 0.6 is 34.8 Å². The summed E-state index contributed by atoms with van der Waals surface area (Å²) in [6.07, 6.45) is 0. The monoisotopic (exact) mass is 351 g/mol. The minimum absolute atomic E-state index is 0.0678. The summed E-state index contributed by atoms with van der Waals surface area (Å²) in [6, 6.07) is 9.65. The summed E-state index contributed by atoms with van der Waals surface area (Å²) in [6.45, 7) is -2.46. The van der Waals surface area contributed by atoms with Crippen molar-refractivity contribution in [2.75, 3.05) is 5.32 Å². The molecular weight excluding hydrogens is 343 g/mol. The van der Waals surface area contributed by atoms with Crippen molar-refractivity contribution in [2.24, 2.45) is 0 Å². The Morgan fingerprint density at radius 1 is 1.00 bits per heavy atom. The second-order valence-corrected chi connectivity index (χ2v) is 5.36. The summed E-state index contributed by atoms with van der Waals surface area (Å²) < 4.78 is 28.5. The van der Waals surface area contributed by atoms with Gasteiger partial charge in [0.15, 0.2) is 0 Å². The molecule has 0 saturated carbocycles. The zero-order chi connectivity index (χ0) is 15.4. The Labute approximate surface area is 135 Å². The highest BCUT2D eigenvalue weighted by Crippen LogP contribution is 2.29. The van der Waals surface area contributed by atoms with E-state index >= 15 is 0 Å². The van der Waals surface area contributed by atoms with E-state index in [9.17, 15) is 8.78 Å². The Balaban J connectivity index is 2.05. The average Bonchev–Trinajstić information content (AvgIpc) is 2.40. The van der Waals surface area contributed by atoms with E-state index in [1.165, 1.54) is 12.1 Å². The minimum Gasteiger partial charge on any atom is -0.433 e. The molecule has 0 saturated heterocycles. The number of hydrogen-bond donors (Lipinski definition) is 1. The Bertz CT molecular complexity index is 638. The lowest BCUT2D eigenvalue weighted by molar-refractivity contribution is -0.0497. The molecule has 0 aliphatic rings. The molecule has 1 N–H and O–H groups in total. The van der Waals surface area contributed by atoms with Crippen molar-refractivity contribution in [3.05, 3.63) is 57.0 Å². The number of anilines is 1. The highest BCUT2D eigenvalue weighted by molar-refractivity contribution is 6.35. The molecule has 0 fully saturated rings. The number of hydrogen-bond acceptors (Lipinski definition) is 2. The van der Waals surface area contributed by atoms with Crippen LogP contribution in [-0.4, -0.2) is 6.61 Å². The maximum Gasteiger partial charge on any atom is 0.387 e. The van der Waals surface area contributed by atoms with Gasteiger partial charge in [-0.1, -0.05) is 40.9 Å². The molecule has 0 atom stereocenters. The van der Waals surface area contributed by atoms with Crippen LogP contribution in [0.3, 0.4) is 0 Å². The van der Waals surface area contributed by atoms with Gasteiger partial charge in [-0.15, -0.1) is 0 Å². The maximum absolute atomic E-state index is 12.1. The smallest absolute Gasteiger partial charge is 0.387 e. The van der Waals surface area contributed by atoms with Gasteiger partial charge < -0.3 is 10.1 Å². The highest BCUT2D eigenvalue weighted by Gasteiger charge is 2.09. The van der Waals surface area contributed by atoms with E-state index in [4.69, 9.17) is 34.8 Å². The number of alkyl halides is 2. The molecule has 2 nitrogen and oxygen atoms in total. The second kappa shape index (κ2) is 7.16. The molecule has 0 aromatic heterocycles. The van der Waals surface area contributed by atoms with Crippen LogP contribution in [0.1, 0.15) is 5.56 Å².